The van der Waals surface area contributed by atoms with Gasteiger partial charge in [0.05, 0.1) is 11.3 Å². The minimum atomic E-state index is -1.14. The fourth-order valence-corrected chi connectivity index (χ4v) is 3.03. The molecule has 0 aliphatic carbocycles. The molecule has 0 amide bonds. The molecule has 4 nitrogen and oxygen atoms in total. The minimum Gasteiger partial charge on any atom is -0.478 e. The van der Waals surface area contributed by atoms with Crippen molar-refractivity contribution in [2.24, 2.45) is 0 Å². The van der Waals surface area contributed by atoms with E-state index in [2.05, 4.69) is 5.32 Å². The SMILES string of the molecule is Nc1cc(F)c(NC2CCCSC2)cc1C(=O)O. The quantitative estimate of drug-likeness (QED) is 0.735. The number of benzene rings is 1. The van der Waals surface area contributed by atoms with Crippen LogP contribution in [0, 0.1) is 5.82 Å². The highest BCUT2D eigenvalue weighted by Gasteiger charge is 2.18. The Balaban J connectivity index is 2.21. The summed E-state index contributed by atoms with van der Waals surface area (Å²) in [5.74, 6) is 0.385. The van der Waals surface area contributed by atoms with Crippen molar-refractivity contribution >= 4 is 29.1 Å². The fraction of sp³-hybridized carbons (Fsp3) is 0.417. The number of nitrogens with one attached hydrogen (secondary N) is 1. The maximum Gasteiger partial charge on any atom is 0.337 e. The van der Waals surface area contributed by atoms with Gasteiger partial charge in [-0.25, -0.2) is 9.18 Å². The predicted molar refractivity (Wildman–Crippen MR) is 71.7 cm³/mol. The van der Waals surface area contributed by atoms with E-state index >= 15 is 0 Å². The molecule has 0 saturated carbocycles. The molecule has 0 aromatic heterocycles. The van der Waals surface area contributed by atoms with Gasteiger partial charge in [0.2, 0.25) is 0 Å². The molecule has 1 heterocycles. The van der Waals surface area contributed by atoms with Crippen molar-refractivity contribution in [2.45, 2.75) is 18.9 Å². The normalized spacial score (nSPS) is 19.5. The predicted octanol–water partition coefficient (Wildman–Crippen LogP) is 2.41. The topological polar surface area (TPSA) is 75.3 Å². The van der Waals surface area contributed by atoms with Gasteiger partial charge in [-0.3, -0.25) is 0 Å². The van der Waals surface area contributed by atoms with Crippen molar-refractivity contribution in [3.8, 4) is 0 Å². The first-order valence-electron chi connectivity index (χ1n) is 5.74. The molecule has 0 radical (unpaired) electrons. The lowest BCUT2D eigenvalue weighted by atomic mass is 10.1. The van der Waals surface area contributed by atoms with E-state index < -0.39 is 11.8 Å². The standard InChI is InChI=1S/C12H15FN2O2S/c13-9-5-10(14)8(12(16)17)4-11(9)15-7-2-1-3-18-6-7/h4-5,7,15H,1-3,6,14H2,(H,16,17). The molecule has 1 aromatic carbocycles. The highest BCUT2D eigenvalue weighted by atomic mass is 32.2. The lowest BCUT2D eigenvalue weighted by molar-refractivity contribution is 0.0698. The van der Waals surface area contributed by atoms with E-state index in [1.54, 1.807) is 0 Å². The Morgan fingerprint density at radius 2 is 2.33 bits per heavy atom. The van der Waals surface area contributed by atoms with E-state index in [9.17, 15) is 9.18 Å². The summed E-state index contributed by atoms with van der Waals surface area (Å²) in [6.45, 7) is 0. The van der Waals surface area contributed by atoms with Crippen LogP contribution in [0.3, 0.4) is 0 Å². The van der Waals surface area contributed by atoms with E-state index in [-0.39, 0.29) is 23.0 Å². The fourth-order valence-electron chi connectivity index (χ4n) is 1.96. The zero-order valence-electron chi connectivity index (χ0n) is 9.78. The Morgan fingerprint density at radius 3 is 2.94 bits per heavy atom. The Hall–Kier alpha value is -1.43. The molecule has 18 heavy (non-hydrogen) atoms. The lowest BCUT2D eigenvalue weighted by Gasteiger charge is -2.24. The summed E-state index contributed by atoms with van der Waals surface area (Å²) < 4.78 is 13.7. The van der Waals surface area contributed by atoms with Crippen molar-refractivity contribution in [2.75, 3.05) is 22.6 Å². The third kappa shape index (κ3) is 2.87. The molecule has 0 bridgehead atoms. The van der Waals surface area contributed by atoms with Crippen LogP contribution in [0.4, 0.5) is 15.8 Å². The van der Waals surface area contributed by atoms with Crippen LogP contribution in [0.1, 0.15) is 23.2 Å². The van der Waals surface area contributed by atoms with Crippen molar-refractivity contribution < 1.29 is 14.3 Å². The van der Waals surface area contributed by atoms with E-state index in [1.807, 2.05) is 11.8 Å². The van der Waals surface area contributed by atoms with Gasteiger partial charge in [-0.1, -0.05) is 0 Å². The number of rotatable bonds is 3. The van der Waals surface area contributed by atoms with Gasteiger partial charge in [0.25, 0.3) is 0 Å². The largest absolute Gasteiger partial charge is 0.478 e. The number of carboxylic acid groups (broad SMARTS) is 1. The molecule has 2 rings (SSSR count). The zero-order valence-corrected chi connectivity index (χ0v) is 10.6. The molecule has 4 N–H and O–H groups in total. The second-order valence-corrected chi connectivity index (χ2v) is 5.43. The van der Waals surface area contributed by atoms with Crippen molar-refractivity contribution in [1.82, 2.24) is 0 Å². The number of thioether (sulfide) groups is 1. The molecule has 1 aromatic rings. The average Bonchev–Trinajstić information content (AvgIpc) is 2.33. The van der Waals surface area contributed by atoms with Gasteiger partial charge in [-0.05, 0) is 30.7 Å². The molecule has 0 spiro atoms. The summed E-state index contributed by atoms with van der Waals surface area (Å²) in [5, 5.41) is 12.0. The second kappa shape index (κ2) is 5.48. The van der Waals surface area contributed by atoms with Crippen LogP contribution in [0.2, 0.25) is 0 Å². The van der Waals surface area contributed by atoms with E-state index in [1.165, 1.54) is 6.07 Å². The number of aromatic carboxylic acids is 1. The molecule has 1 fully saturated rings. The molecule has 1 aliphatic rings. The summed E-state index contributed by atoms with van der Waals surface area (Å²) in [6, 6.07) is 2.51. The maximum absolute atomic E-state index is 13.7. The summed E-state index contributed by atoms with van der Waals surface area (Å²) in [7, 11) is 0. The molecule has 1 aliphatic heterocycles. The van der Waals surface area contributed by atoms with Gasteiger partial charge in [-0.2, -0.15) is 11.8 Å². The van der Waals surface area contributed by atoms with Gasteiger partial charge in [0.1, 0.15) is 5.82 Å². The summed E-state index contributed by atoms with van der Waals surface area (Å²) in [6.07, 6.45) is 2.06. The number of nitrogens with two attached hydrogens (primary N) is 1. The smallest absolute Gasteiger partial charge is 0.337 e. The first kappa shape index (κ1) is 13.0. The van der Waals surface area contributed by atoms with Crippen LogP contribution >= 0.6 is 11.8 Å². The van der Waals surface area contributed by atoms with Crippen LogP contribution < -0.4 is 11.1 Å². The van der Waals surface area contributed by atoms with Gasteiger partial charge >= 0.3 is 5.97 Å². The highest BCUT2D eigenvalue weighted by molar-refractivity contribution is 7.99. The zero-order chi connectivity index (χ0) is 13.1. The van der Waals surface area contributed by atoms with Crippen LogP contribution in [-0.4, -0.2) is 28.6 Å². The Kier molecular flexibility index (Phi) is 3.96. The maximum atomic E-state index is 13.7. The molecule has 6 heteroatoms. The molecule has 1 atom stereocenters. The van der Waals surface area contributed by atoms with Gasteiger partial charge in [0.15, 0.2) is 0 Å². The Morgan fingerprint density at radius 1 is 1.56 bits per heavy atom. The Bertz CT molecular complexity index is 462. The van der Waals surface area contributed by atoms with Crippen LogP contribution in [-0.2, 0) is 0 Å². The minimum absolute atomic E-state index is 0.0523. The van der Waals surface area contributed by atoms with E-state index in [0.29, 0.717) is 0 Å². The third-order valence-corrected chi connectivity index (χ3v) is 4.10. The lowest BCUT2D eigenvalue weighted by Crippen LogP contribution is -2.26. The van der Waals surface area contributed by atoms with Gasteiger partial charge in [0, 0.05) is 17.5 Å². The summed E-state index contributed by atoms with van der Waals surface area (Å²) in [4.78, 5) is 10.9. The number of carbonyl (C=O) groups is 1. The summed E-state index contributed by atoms with van der Waals surface area (Å²) in [5.41, 5.74) is 5.57. The number of carboxylic acids is 1. The second-order valence-electron chi connectivity index (χ2n) is 4.28. The molecule has 1 saturated heterocycles. The van der Waals surface area contributed by atoms with Crippen LogP contribution in [0.25, 0.3) is 0 Å². The number of halogens is 1. The molecular formula is C12H15FN2O2S. The molecule has 98 valence electrons. The van der Waals surface area contributed by atoms with E-state index in [0.717, 1.165) is 30.4 Å². The van der Waals surface area contributed by atoms with E-state index in [4.69, 9.17) is 10.8 Å². The van der Waals surface area contributed by atoms with Crippen molar-refractivity contribution in [3.05, 3.63) is 23.5 Å². The van der Waals surface area contributed by atoms with Crippen LogP contribution in [0.5, 0.6) is 0 Å². The van der Waals surface area contributed by atoms with Crippen LogP contribution in [0.15, 0.2) is 12.1 Å². The van der Waals surface area contributed by atoms with Gasteiger partial charge < -0.3 is 16.2 Å². The third-order valence-electron chi connectivity index (χ3n) is 2.89. The summed E-state index contributed by atoms with van der Waals surface area (Å²) >= 11 is 1.82. The molecular weight excluding hydrogens is 255 g/mol. The number of hydrogen-bond donors (Lipinski definition) is 3. The average molecular weight is 270 g/mol. The number of anilines is 2. The Labute approximate surface area is 109 Å². The first-order valence-corrected chi connectivity index (χ1v) is 6.90. The number of hydrogen-bond acceptors (Lipinski definition) is 4. The first-order chi connectivity index (χ1) is 8.58. The monoisotopic (exact) mass is 270 g/mol. The number of nitrogen functional groups attached to an aromatic ring is 1. The van der Waals surface area contributed by atoms with Crippen molar-refractivity contribution in [1.29, 1.82) is 0 Å². The van der Waals surface area contributed by atoms with Gasteiger partial charge in [-0.15, -0.1) is 0 Å². The van der Waals surface area contributed by atoms with Crippen molar-refractivity contribution in [3.63, 3.8) is 0 Å². The molecule has 1 unspecified atom stereocenters. The highest BCUT2D eigenvalue weighted by Crippen LogP contribution is 2.26.